The van der Waals surface area contributed by atoms with Crippen LogP contribution in [-0.4, -0.2) is 0 Å². The summed E-state index contributed by atoms with van der Waals surface area (Å²) in [4.78, 5) is 0. The van der Waals surface area contributed by atoms with E-state index in [0.29, 0.717) is 0 Å². The van der Waals surface area contributed by atoms with Crippen LogP contribution in [0.15, 0.2) is 175 Å². The second kappa shape index (κ2) is 13.2. The Balaban J connectivity index is 1.07. The maximum Gasteiger partial charge on any atom is -0.00262 e. The van der Waals surface area contributed by atoms with Gasteiger partial charge in [0, 0.05) is 0 Å². The molecule has 8 aromatic rings. The largest absolute Gasteiger partial charge is 0.0836 e. The molecule has 1 saturated carbocycles. The van der Waals surface area contributed by atoms with Crippen molar-refractivity contribution in [3.8, 4) is 44.5 Å². The predicted molar refractivity (Wildman–Crippen MR) is 228 cm³/mol. The van der Waals surface area contributed by atoms with Crippen molar-refractivity contribution in [1.82, 2.24) is 0 Å². The zero-order valence-corrected chi connectivity index (χ0v) is 30.3. The van der Waals surface area contributed by atoms with Gasteiger partial charge < -0.3 is 0 Å². The van der Waals surface area contributed by atoms with Gasteiger partial charge in [-0.2, -0.15) is 0 Å². The summed E-state index contributed by atoms with van der Waals surface area (Å²) in [5.74, 6) is 0.780. The van der Waals surface area contributed by atoms with E-state index in [1.807, 2.05) is 0 Å². The molecule has 8 aromatic carbocycles. The van der Waals surface area contributed by atoms with E-state index in [0.717, 1.165) is 5.92 Å². The smallest absolute Gasteiger partial charge is 0.00262 e. The Hall–Kier alpha value is -5.98. The van der Waals surface area contributed by atoms with E-state index >= 15 is 0 Å². The predicted octanol–water partition coefficient (Wildman–Crippen LogP) is 15.0. The van der Waals surface area contributed by atoms with E-state index in [9.17, 15) is 0 Å². The standard InChI is InChI=1S/C53H42/c1-35-24-25-43(34-51(35)46-19-5-4-18-45(46)38-14-10-15-38)37-26-29-39(30-27-37)52-47-20-6-8-22-49(47)53(50-23-9-7-21-48(50)52)44-17-11-16-41(33-44)42-31-28-36-12-2-3-13-40(36)32-42/h2-3,5-9,11-13,16-17,19-34,38H,4,10,14-15,18H2,1H3. The molecule has 0 N–H and O–H groups in total. The first-order valence-corrected chi connectivity index (χ1v) is 19.3. The molecule has 0 amide bonds. The molecule has 0 radical (unpaired) electrons. The lowest BCUT2D eigenvalue weighted by Gasteiger charge is -2.32. The fourth-order valence-corrected chi connectivity index (χ4v) is 9.02. The van der Waals surface area contributed by atoms with Crippen LogP contribution in [0.3, 0.4) is 0 Å². The minimum atomic E-state index is 0.780. The molecule has 2 aliphatic rings. The van der Waals surface area contributed by atoms with Gasteiger partial charge in [0.15, 0.2) is 0 Å². The lowest BCUT2D eigenvalue weighted by molar-refractivity contribution is 0.360. The summed E-state index contributed by atoms with van der Waals surface area (Å²) in [6, 6.07) is 58.8. The number of benzene rings is 8. The van der Waals surface area contributed by atoms with Gasteiger partial charge in [-0.3, -0.25) is 0 Å². The van der Waals surface area contributed by atoms with Gasteiger partial charge in [0.2, 0.25) is 0 Å². The average molecular weight is 679 g/mol. The van der Waals surface area contributed by atoms with Crippen LogP contribution in [0.25, 0.3) is 82.4 Å². The second-order valence-electron chi connectivity index (χ2n) is 15.1. The Bertz CT molecular complexity index is 2690. The highest BCUT2D eigenvalue weighted by Gasteiger charge is 2.26. The molecule has 0 bridgehead atoms. The number of rotatable bonds is 6. The van der Waals surface area contributed by atoms with Crippen LogP contribution in [0.2, 0.25) is 0 Å². The molecular formula is C53H42. The molecule has 0 spiro atoms. The first-order chi connectivity index (χ1) is 26.2. The van der Waals surface area contributed by atoms with E-state index in [-0.39, 0.29) is 0 Å². The summed E-state index contributed by atoms with van der Waals surface area (Å²) in [7, 11) is 0. The van der Waals surface area contributed by atoms with E-state index in [2.05, 4.69) is 177 Å². The first kappa shape index (κ1) is 31.7. The summed E-state index contributed by atoms with van der Waals surface area (Å²) in [5, 5.41) is 7.65. The average Bonchev–Trinajstić information content (AvgIpc) is 3.20. The third-order valence-corrected chi connectivity index (χ3v) is 12.0. The number of aryl methyl sites for hydroxylation is 1. The van der Waals surface area contributed by atoms with Crippen LogP contribution in [0.4, 0.5) is 0 Å². The topological polar surface area (TPSA) is 0 Å². The molecule has 254 valence electrons. The van der Waals surface area contributed by atoms with Crippen LogP contribution in [0.1, 0.15) is 43.2 Å². The molecular weight excluding hydrogens is 637 g/mol. The van der Waals surface area contributed by atoms with Crippen molar-refractivity contribution in [3.63, 3.8) is 0 Å². The molecule has 53 heavy (non-hydrogen) atoms. The van der Waals surface area contributed by atoms with Crippen LogP contribution in [-0.2, 0) is 0 Å². The van der Waals surface area contributed by atoms with Crippen molar-refractivity contribution in [2.24, 2.45) is 5.92 Å². The first-order valence-electron chi connectivity index (χ1n) is 19.3. The van der Waals surface area contributed by atoms with Crippen LogP contribution in [0.5, 0.6) is 0 Å². The number of hydrogen-bond donors (Lipinski definition) is 0. The van der Waals surface area contributed by atoms with E-state index in [1.165, 1.54) is 126 Å². The van der Waals surface area contributed by atoms with Gasteiger partial charge in [0.25, 0.3) is 0 Å². The Morgan fingerprint density at radius 3 is 1.72 bits per heavy atom. The maximum absolute atomic E-state index is 2.44. The van der Waals surface area contributed by atoms with Crippen molar-refractivity contribution in [3.05, 3.63) is 187 Å². The Kier molecular flexibility index (Phi) is 7.91. The lowest BCUT2D eigenvalue weighted by Crippen LogP contribution is -2.16. The summed E-state index contributed by atoms with van der Waals surface area (Å²) in [6.45, 7) is 2.27. The molecule has 0 heterocycles. The fourth-order valence-electron chi connectivity index (χ4n) is 9.02. The second-order valence-corrected chi connectivity index (χ2v) is 15.1. The molecule has 0 saturated heterocycles. The molecule has 2 aliphatic carbocycles. The van der Waals surface area contributed by atoms with E-state index in [1.54, 1.807) is 5.57 Å². The van der Waals surface area contributed by atoms with Crippen molar-refractivity contribution < 1.29 is 0 Å². The number of allylic oxidation sites excluding steroid dienone is 4. The highest BCUT2D eigenvalue weighted by Crippen LogP contribution is 2.46. The third kappa shape index (κ3) is 5.62. The highest BCUT2D eigenvalue weighted by molar-refractivity contribution is 6.21. The minimum Gasteiger partial charge on any atom is -0.0836 e. The molecule has 0 unspecified atom stereocenters. The Morgan fingerprint density at radius 1 is 0.453 bits per heavy atom. The summed E-state index contributed by atoms with van der Waals surface area (Å²) in [6.07, 6.45) is 11.3. The van der Waals surface area contributed by atoms with Gasteiger partial charge >= 0.3 is 0 Å². The van der Waals surface area contributed by atoms with E-state index in [4.69, 9.17) is 0 Å². The quantitative estimate of drug-likeness (QED) is 0.154. The molecule has 0 nitrogen and oxygen atoms in total. The highest BCUT2D eigenvalue weighted by atomic mass is 14.3. The van der Waals surface area contributed by atoms with Crippen molar-refractivity contribution in [1.29, 1.82) is 0 Å². The zero-order valence-electron chi connectivity index (χ0n) is 30.3. The van der Waals surface area contributed by atoms with Crippen molar-refractivity contribution in [2.75, 3.05) is 0 Å². The molecule has 0 heteroatoms. The van der Waals surface area contributed by atoms with Gasteiger partial charge in [-0.15, -0.1) is 0 Å². The van der Waals surface area contributed by atoms with Gasteiger partial charge in [0.05, 0.1) is 0 Å². The number of hydrogen-bond acceptors (Lipinski definition) is 0. The monoisotopic (exact) mass is 678 g/mol. The number of fused-ring (bicyclic) bond motifs is 3. The molecule has 0 aliphatic heterocycles. The molecule has 0 aromatic heterocycles. The van der Waals surface area contributed by atoms with Crippen molar-refractivity contribution in [2.45, 2.75) is 39.0 Å². The molecule has 10 rings (SSSR count). The van der Waals surface area contributed by atoms with Gasteiger partial charge in [0.1, 0.15) is 0 Å². The maximum atomic E-state index is 2.44. The minimum absolute atomic E-state index is 0.780. The van der Waals surface area contributed by atoms with E-state index < -0.39 is 0 Å². The molecule has 0 atom stereocenters. The fraction of sp³-hybridized carbons (Fsp3) is 0.132. The van der Waals surface area contributed by atoms with Crippen LogP contribution < -0.4 is 0 Å². The zero-order chi connectivity index (χ0) is 35.3. The third-order valence-electron chi connectivity index (χ3n) is 12.0. The summed E-state index contributed by atoms with van der Waals surface area (Å²) in [5.41, 5.74) is 16.0. The Morgan fingerprint density at radius 2 is 1.02 bits per heavy atom. The van der Waals surface area contributed by atoms with Gasteiger partial charge in [-0.1, -0.05) is 164 Å². The lowest BCUT2D eigenvalue weighted by atomic mass is 9.73. The van der Waals surface area contributed by atoms with Gasteiger partial charge in [-0.25, -0.2) is 0 Å². The summed E-state index contributed by atoms with van der Waals surface area (Å²) >= 11 is 0. The Labute approximate surface area is 312 Å². The molecule has 1 fully saturated rings. The van der Waals surface area contributed by atoms with Crippen LogP contribution >= 0.6 is 0 Å². The SMILES string of the molecule is Cc1ccc(-c2ccc(-c3c4ccccc4c(-c4cccc(-c5ccc6ccccc6c5)c4)c4ccccc34)cc2)cc1C1=C(C2CCC2)CCC=C1. The normalized spacial score (nSPS) is 14.7. The van der Waals surface area contributed by atoms with Crippen molar-refractivity contribution >= 4 is 37.9 Å². The van der Waals surface area contributed by atoms with Gasteiger partial charge in [-0.05, 0) is 150 Å². The summed E-state index contributed by atoms with van der Waals surface area (Å²) < 4.78 is 0. The van der Waals surface area contributed by atoms with Crippen LogP contribution in [0, 0.1) is 12.8 Å².